The van der Waals surface area contributed by atoms with Crippen molar-refractivity contribution >= 4 is 46.6 Å². The van der Waals surface area contributed by atoms with E-state index in [1.807, 2.05) is 78.9 Å². The maximum absolute atomic E-state index is 14.8. The molecule has 1 fully saturated rings. The molecule has 1 saturated carbocycles. The van der Waals surface area contributed by atoms with E-state index in [1.54, 1.807) is 17.0 Å². The summed E-state index contributed by atoms with van der Waals surface area (Å²) in [7, 11) is 0. The van der Waals surface area contributed by atoms with E-state index in [4.69, 9.17) is 28.9 Å². The van der Waals surface area contributed by atoms with Crippen LogP contribution < -0.4 is 16.0 Å². The molecule has 1 aliphatic carbocycles. The van der Waals surface area contributed by atoms with Crippen LogP contribution in [0.25, 0.3) is 22.3 Å². The molecule has 4 aromatic carbocycles. The van der Waals surface area contributed by atoms with Crippen LogP contribution in [0.1, 0.15) is 62.6 Å². The molecule has 3 N–H and O–H groups in total. The van der Waals surface area contributed by atoms with Crippen molar-refractivity contribution < 1.29 is 14.4 Å². The number of primary amides is 1. The molecule has 6 nitrogen and oxygen atoms in total. The lowest BCUT2D eigenvalue weighted by atomic mass is 9.82. The van der Waals surface area contributed by atoms with Crippen molar-refractivity contribution in [3.63, 3.8) is 0 Å². The van der Waals surface area contributed by atoms with Crippen LogP contribution in [0.5, 0.6) is 0 Å². The first-order valence-corrected chi connectivity index (χ1v) is 17.1. The maximum Gasteiger partial charge on any atom is 0.254 e. The van der Waals surface area contributed by atoms with E-state index < -0.39 is 23.8 Å². The van der Waals surface area contributed by atoms with Crippen LogP contribution in [0, 0.1) is 17.8 Å². The van der Waals surface area contributed by atoms with Gasteiger partial charge in [-0.1, -0.05) is 123 Å². The largest absolute Gasteiger partial charge is 0.369 e. The predicted molar refractivity (Wildman–Crippen MR) is 189 cm³/mol. The van der Waals surface area contributed by atoms with Crippen molar-refractivity contribution in [2.45, 2.75) is 58.0 Å². The van der Waals surface area contributed by atoms with Gasteiger partial charge in [0.2, 0.25) is 11.8 Å². The molecule has 242 valence electrons. The molecule has 2 aliphatic rings. The number of carbonyl (C=O) groups excluding carboxylic acids is 3. The summed E-state index contributed by atoms with van der Waals surface area (Å²) >= 11 is 12.7. The third kappa shape index (κ3) is 7.24. The van der Waals surface area contributed by atoms with Crippen LogP contribution in [0.15, 0.2) is 91.0 Å². The normalized spacial score (nSPS) is 16.9. The van der Waals surface area contributed by atoms with Gasteiger partial charge >= 0.3 is 0 Å². The fraction of sp³-hybridized carbons (Fsp3) is 0.308. The Morgan fingerprint density at radius 2 is 1.64 bits per heavy atom. The van der Waals surface area contributed by atoms with Crippen LogP contribution in [0.3, 0.4) is 0 Å². The molecule has 6 rings (SSSR count). The molecule has 4 aromatic rings. The van der Waals surface area contributed by atoms with E-state index in [1.165, 1.54) is 0 Å². The molecule has 0 aromatic heterocycles. The highest BCUT2D eigenvalue weighted by Crippen LogP contribution is 2.43. The van der Waals surface area contributed by atoms with Gasteiger partial charge in [0.15, 0.2) is 0 Å². The zero-order chi connectivity index (χ0) is 33.1. The summed E-state index contributed by atoms with van der Waals surface area (Å²) in [6.07, 6.45) is 4.92. The molecule has 0 saturated heterocycles. The number of hydrogen-bond acceptors (Lipinski definition) is 3. The lowest BCUT2D eigenvalue weighted by Gasteiger charge is -2.29. The van der Waals surface area contributed by atoms with Gasteiger partial charge in [0, 0.05) is 33.0 Å². The predicted octanol–water partition coefficient (Wildman–Crippen LogP) is 8.74. The van der Waals surface area contributed by atoms with Crippen LogP contribution in [0.2, 0.25) is 10.0 Å². The van der Waals surface area contributed by atoms with E-state index in [-0.39, 0.29) is 18.4 Å². The molecular formula is C39H39Cl2N3O3. The second kappa shape index (κ2) is 14.3. The van der Waals surface area contributed by atoms with Crippen molar-refractivity contribution in [3.8, 4) is 22.3 Å². The number of nitrogens with one attached hydrogen (secondary N) is 1. The van der Waals surface area contributed by atoms with Gasteiger partial charge in [-0.05, 0) is 65.3 Å². The minimum absolute atomic E-state index is 0.250. The third-order valence-corrected chi connectivity index (χ3v) is 9.95. The highest BCUT2D eigenvalue weighted by Gasteiger charge is 2.40. The first-order chi connectivity index (χ1) is 22.7. The summed E-state index contributed by atoms with van der Waals surface area (Å²) in [4.78, 5) is 43.4. The summed E-state index contributed by atoms with van der Waals surface area (Å²) in [5.74, 6) is -1.78. The molecule has 1 heterocycles. The van der Waals surface area contributed by atoms with E-state index in [9.17, 15) is 14.4 Å². The fourth-order valence-electron chi connectivity index (χ4n) is 6.77. The number of unbranched alkanes of at least 4 members (excludes halogenated alkanes) is 1. The van der Waals surface area contributed by atoms with Gasteiger partial charge in [0.05, 0.1) is 12.2 Å². The van der Waals surface area contributed by atoms with Crippen molar-refractivity contribution in [2.24, 2.45) is 23.5 Å². The van der Waals surface area contributed by atoms with E-state index in [0.29, 0.717) is 28.8 Å². The maximum atomic E-state index is 14.8. The van der Waals surface area contributed by atoms with Gasteiger partial charge in [-0.15, -0.1) is 0 Å². The summed E-state index contributed by atoms with van der Waals surface area (Å²) < 4.78 is 0. The highest BCUT2D eigenvalue weighted by molar-refractivity contribution is 6.36. The minimum atomic E-state index is -0.957. The van der Waals surface area contributed by atoms with Gasteiger partial charge in [-0.3, -0.25) is 14.4 Å². The Hall–Kier alpha value is -4.13. The number of carbonyl (C=O) groups is 3. The number of amides is 3. The zero-order valence-corrected chi connectivity index (χ0v) is 27.9. The first kappa shape index (κ1) is 32.8. The SMILES string of the molecule is CCCC[C@H](C(N)=O)[C@@H](CC1CC1)C(=O)NC1C(=O)N(Cc2cccc(-c3ccc(Cl)cc3Cl)c2)c2ccccc2-c2ccccc21. The summed E-state index contributed by atoms with van der Waals surface area (Å²) in [5.41, 5.74) is 11.8. The van der Waals surface area contributed by atoms with Crippen LogP contribution in [-0.2, 0) is 20.9 Å². The number of anilines is 1. The standard InChI is InChI=1S/C39H39Cl2N3O3/c1-2-3-11-32(37(42)45)33(21-24-16-17-24)38(46)43-36-31-14-5-4-12-29(31)30-13-6-7-15-35(30)44(39(36)47)23-25-9-8-10-26(20-25)28-19-18-27(40)22-34(28)41/h4-10,12-15,18-20,22,24,32-33,36H,2-3,11,16-17,21,23H2,1H3,(H2,42,45)(H,43,46)/t32-,33+,36?/m0/s1. The quantitative estimate of drug-likeness (QED) is 0.158. The van der Waals surface area contributed by atoms with Gasteiger partial charge in [-0.2, -0.15) is 0 Å². The Morgan fingerprint density at radius 3 is 2.36 bits per heavy atom. The number of nitrogens with two attached hydrogens (primary N) is 1. The van der Waals surface area contributed by atoms with Crippen LogP contribution in [0.4, 0.5) is 5.69 Å². The monoisotopic (exact) mass is 667 g/mol. The van der Waals surface area contributed by atoms with Gasteiger partial charge in [-0.25, -0.2) is 0 Å². The van der Waals surface area contributed by atoms with Crippen molar-refractivity contribution in [3.05, 3.63) is 112 Å². The Labute approximate surface area is 286 Å². The molecule has 0 bridgehead atoms. The van der Waals surface area contributed by atoms with E-state index in [2.05, 4.69) is 12.2 Å². The second-order valence-corrected chi connectivity index (χ2v) is 13.6. The molecule has 0 spiro atoms. The fourth-order valence-corrected chi connectivity index (χ4v) is 7.28. The van der Waals surface area contributed by atoms with Gasteiger partial charge in [0.1, 0.15) is 6.04 Å². The molecule has 47 heavy (non-hydrogen) atoms. The third-order valence-electron chi connectivity index (χ3n) is 9.41. The van der Waals surface area contributed by atoms with E-state index in [0.717, 1.165) is 64.8 Å². The summed E-state index contributed by atoms with van der Waals surface area (Å²) in [6, 6.07) is 27.9. The highest BCUT2D eigenvalue weighted by atomic mass is 35.5. The Balaban J connectivity index is 1.38. The number of hydrogen-bond donors (Lipinski definition) is 2. The smallest absolute Gasteiger partial charge is 0.254 e. The number of benzene rings is 4. The Kier molecular flexibility index (Phi) is 10.00. The van der Waals surface area contributed by atoms with Crippen LogP contribution >= 0.6 is 23.2 Å². The average molecular weight is 669 g/mol. The molecule has 3 amide bonds. The van der Waals surface area contributed by atoms with Crippen molar-refractivity contribution in [1.29, 1.82) is 0 Å². The molecule has 3 atom stereocenters. The second-order valence-electron chi connectivity index (χ2n) is 12.7. The van der Waals surface area contributed by atoms with Crippen molar-refractivity contribution in [2.75, 3.05) is 4.90 Å². The van der Waals surface area contributed by atoms with Gasteiger partial charge < -0.3 is 16.0 Å². The van der Waals surface area contributed by atoms with Gasteiger partial charge in [0.25, 0.3) is 5.91 Å². The molecule has 0 radical (unpaired) electrons. The van der Waals surface area contributed by atoms with Crippen LogP contribution in [-0.4, -0.2) is 17.7 Å². The molecule has 1 aliphatic heterocycles. The number of fused-ring (bicyclic) bond motifs is 3. The average Bonchev–Trinajstić information content (AvgIpc) is 3.90. The first-order valence-electron chi connectivity index (χ1n) is 16.4. The van der Waals surface area contributed by atoms with Crippen molar-refractivity contribution in [1.82, 2.24) is 5.32 Å². The number of halogens is 2. The zero-order valence-electron chi connectivity index (χ0n) is 26.4. The molecular weight excluding hydrogens is 629 g/mol. The Bertz CT molecular complexity index is 1800. The molecule has 8 heteroatoms. The number of para-hydroxylation sites is 1. The number of rotatable bonds is 12. The van der Waals surface area contributed by atoms with E-state index >= 15 is 0 Å². The summed E-state index contributed by atoms with van der Waals surface area (Å²) in [6.45, 7) is 2.32. The lowest BCUT2D eigenvalue weighted by Crippen LogP contribution is -2.46. The topological polar surface area (TPSA) is 92.5 Å². The lowest BCUT2D eigenvalue weighted by molar-refractivity contribution is -0.136. The molecule has 1 unspecified atom stereocenters. The minimum Gasteiger partial charge on any atom is -0.369 e. The summed E-state index contributed by atoms with van der Waals surface area (Å²) in [5, 5.41) is 4.24. The number of nitrogens with zero attached hydrogens (tertiary/aromatic N) is 1. The Morgan fingerprint density at radius 1 is 0.894 bits per heavy atom.